The fourth-order valence-corrected chi connectivity index (χ4v) is 3.78. The molecule has 1 saturated heterocycles. The average molecular weight is 254 g/mol. The Balaban J connectivity index is 2.08. The van der Waals surface area contributed by atoms with Crippen molar-refractivity contribution in [2.75, 3.05) is 20.1 Å². The van der Waals surface area contributed by atoms with Crippen molar-refractivity contribution in [1.82, 2.24) is 9.62 Å². The van der Waals surface area contributed by atoms with E-state index < -0.39 is 10.0 Å². The zero-order valence-corrected chi connectivity index (χ0v) is 10.3. The van der Waals surface area contributed by atoms with Gasteiger partial charge in [0.25, 0.3) is 0 Å². The van der Waals surface area contributed by atoms with Crippen LogP contribution >= 0.6 is 0 Å². The molecular weight excluding hydrogens is 240 g/mol. The summed E-state index contributed by atoms with van der Waals surface area (Å²) in [5.74, 6) is 0.447. The van der Waals surface area contributed by atoms with Gasteiger partial charge in [0, 0.05) is 13.1 Å². The highest BCUT2D eigenvalue weighted by Gasteiger charge is 2.39. The molecule has 0 aliphatic carbocycles. The van der Waals surface area contributed by atoms with Crippen LogP contribution < -0.4 is 9.46 Å². The van der Waals surface area contributed by atoms with Gasteiger partial charge in [0.2, 0.25) is 10.0 Å². The molecule has 0 bridgehead atoms. The summed E-state index contributed by atoms with van der Waals surface area (Å²) in [4.78, 5) is 2.29. The van der Waals surface area contributed by atoms with Crippen molar-refractivity contribution in [3.63, 3.8) is 0 Å². The third kappa shape index (κ3) is 1.82. The number of ether oxygens (including phenoxy) is 1. The lowest BCUT2D eigenvalue weighted by atomic mass is 10.2. The number of benzene rings is 1. The third-order valence-corrected chi connectivity index (χ3v) is 4.70. The maximum Gasteiger partial charge on any atom is 0.244 e. The van der Waals surface area contributed by atoms with Crippen molar-refractivity contribution in [3.8, 4) is 5.75 Å². The van der Waals surface area contributed by atoms with Gasteiger partial charge in [0.15, 0.2) is 0 Å². The molecule has 1 aromatic rings. The van der Waals surface area contributed by atoms with Gasteiger partial charge in [-0.05, 0) is 19.2 Å². The van der Waals surface area contributed by atoms with E-state index in [9.17, 15) is 8.42 Å². The average Bonchev–Trinajstić information content (AvgIpc) is 2.54. The number of nitrogens with zero attached hydrogens (tertiary/aromatic N) is 1. The zero-order chi connectivity index (χ0) is 12.0. The molecular formula is C11H14N2O3S. The van der Waals surface area contributed by atoms with Crippen LogP contribution in [0.3, 0.4) is 0 Å². The molecule has 2 aliphatic rings. The molecule has 3 rings (SSSR count). The molecule has 17 heavy (non-hydrogen) atoms. The largest absolute Gasteiger partial charge is 0.486 e. The van der Waals surface area contributed by atoms with E-state index in [0.29, 0.717) is 12.3 Å². The van der Waals surface area contributed by atoms with Crippen molar-refractivity contribution >= 4 is 10.0 Å². The molecule has 0 radical (unpaired) electrons. The van der Waals surface area contributed by atoms with Crippen LogP contribution in [0.15, 0.2) is 29.2 Å². The molecule has 2 heterocycles. The van der Waals surface area contributed by atoms with Gasteiger partial charge >= 0.3 is 0 Å². The van der Waals surface area contributed by atoms with Gasteiger partial charge in [-0.3, -0.25) is 0 Å². The highest BCUT2D eigenvalue weighted by Crippen LogP contribution is 2.30. The first-order valence-electron chi connectivity index (χ1n) is 5.53. The second kappa shape index (κ2) is 3.69. The Morgan fingerprint density at radius 3 is 2.94 bits per heavy atom. The first-order valence-corrected chi connectivity index (χ1v) is 7.01. The van der Waals surface area contributed by atoms with Crippen molar-refractivity contribution in [3.05, 3.63) is 24.3 Å². The first-order chi connectivity index (χ1) is 8.06. The van der Waals surface area contributed by atoms with Gasteiger partial charge in [-0.1, -0.05) is 12.1 Å². The molecule has 0 spiro atoms. The van der Waals surface area contributed by atoms with Crippen LogP contribution in [0.25, 0.3) is 0 Å². The van der Waals surface area contributed by atoms with Crippen LogP contribution in [-0.2, 0) is 10.0 Å². The second-order valence-electron chi connectivity index (χ2n) is 4.55. The molecule has 92 valence electrons. The summed E-state index contributed by atoms with van der Waals surface area (Å²) in [6.45, 7) is 1.42. The predicted molar refractivity (Wildman–Crippen MR) is 62.5 cm³/mol. The van der Waals surface area contributed by atoms with Crippen molar-refractivity contribution in [2.24, 2.45) is 0 Å². The van der Waals surface area contributed by atoms with E-state index in [-0.39, 0.29) is 17.0 Å². The molecule has 2 aliphatic heterocycles. The van der Waals surface area contributed by atoms with Crippen LogP contribution in [-0.4, -0.2) is 45.6 Å². The standard InChI is InChI=1S/C11H14N2O3S/c1-13-6-8-10(7-13)16-9-4-2-3-5-11(9)17(14,15)12-8/h2-5,8,10,12H,6-7H2,1H3. The third-order valence-electron chi connectivity index (χ3n) is 3.17. The molecule has 0 amide bonds. The van der Waals surface area contributed by atoms with Gasteiger partial charge in [0.05, 0.1) is 6.04 Å². The lowest BCUT2D eigenvalue weighted by Gasteiger charge is -2.15. The van der Waals surface area contributed by atoms with E-state index in [4.69, 9.17) is 4.74 Å². The molecule has 1 fully saturated rings. The van der Waals surface area contributed by atoms with Crippen molar-refractivity contribution < 1.29 is 13.2 Å². The van der Waals surface area contributed by atoms with Gasteiger partial charge in [-0.2, -0.15) is 0 Å². The number of likely N-dealkylation sites (N-methyl/N-ethyl adjacent to an activating group) is 1. The minimum absolute atomic E-state index is 0.113. The van der Waals surface area contributed by atoms with E-state index in [0.717, 1.165) is 6.54 Å². The van der Waals surface area contributed by atoms with E-state index in [2.05, 4.69) is 9.62 Å². The van der Waals surface area contributed by atoms with Crippen LogP contribution in [0.1, 0.15) is 0 Å². The maximum atomic E-state index is 12.1. The van der Waals surface area contributed by atoms with Crippen LogP contribution in [0.5, 0.6) is 5.75 Å². The summed E-state index contributed by atoms with van der Waals surface area (Å²) in [5, 5.41) is 0. The highest BCUT2D eigenvalue weighted by molar-refractivity contribution is 7.89. The monoisotopic (exact) mass is 254 g/mol. The van der Waals surface area contributed by atoms with Crippen molar-refractivity contribution in [2.45, 2.75) is 17.0 Å². The van der Waals surface area contributed by atoms with Gasteiger partial charge in [-0.15, -0.1) is 0 Å². The Labute approximate surface area is 100 Å². The predicted octanol–water partition coefficient (Wildman–Crippen LogP) is 0.0399. The summed E-state index contributed by atoms with van der Waals surface area (Å²) in [7, 11) is -1.50. The number of hydrogen-bond donors (Lipinski definition) is 1. The summed E-state index contributed by atoms with van der Waals surface area (Å²) in [6.07, 6.45) is -0.113. The number of nitrogens with one attached hydrogen (secondary N) is 1. The quantitative estimate of drug-likeness (QED) is 0.710. The fourth-order valence-electron chi connectivity index (χ4n) is 2.39. The Bertz CT molecular complexity index is 543. The van der Waals surface area contributed by atoms with E-state index in [1.807, 2.05) is 7.05 Å². The lowest BCUT2D eigenvalue weighted by Crippen LogP contribution is -2.42. The molecule has 1 N–H and O–H groups in total. The normalized spacial score (nSPS) is 31.1. The fraction of sp³-hybridized carbons (Fsp3) is 0.455. The number of likely N-dealkylation sites (tertiary alicyclic amines) is 1. The smallest absolute Gasteiger partial charge is 0.244 e. The van der Waals surface area contributed by atoms with Crippen LogP contribution in [0.4, 0.5) is 0 Å². The molecule has 0 saturated carbocycles. The Kier molecular flexibility index (Phi) is 2.39. The molecule has 6 heteroatoms. The SMILES string of the molecule is CN1CC2NS(=O)(=O)c3ccccc3OC2C1. The molecule has 2 atom stereocenters. The minimum atomic E-state index is -3.46. The first kappa shape index (κ1) is 11.0. The molecule has 1 aromatic carbocycles. The molecule has 0 aromatic heterocycles. The lowest BCUT2D eigenvalue weighted by molar-refractivity contribution is 0.190. The Morgan fingerprint density at radius 2 is 2.12 bits per heavy atom. The Hall–Kier alpha value is -1.11. The van der Waals surface area contributed by atoms with E-state index in [1.54, 1.807) is 24.3 Å². The second-order valence-corrected chi connectivity index (χ2v) is 6.23. The number of hydrogen-bond acceptors (Lipinski definition) is 4. The molecule has 2 unspecified atom stereocenters. The topological polar surface area (TPSA) is 58.6 Å². The Morgan fingerprint density at radius 1 is 1.35 bits per heavy atom. The van der Waals surface area contributed by atoms with Gasteiger partial charge in [0.1, 0.15) is 16.7 Å². The summed E-state index contributed by atoms with van der Waals surface area (Å²) < 4.78 is 32.8. The van der Waals surface area contributed by atoms with E-state index >= 15 is 0 Å². The van der Waals surface area contributed by atoms with E-state index in [1.165, 1.54) is 0 Å². The van der Waals surface area contributed by atoms with Crippen molar-refractivity contribution in [1.29, 1.82) is 0 Å². The number of rotatable bonds is 0. The van der Waals surface area contributed by atoms with Crippen LogP contribution in [0, 0.1) is 0 Å². The maximum absolute atomic E-state index is 12.1. The minimum Gasteiger partial charge on any atom is -0.486 e. The number of fused-ring (bicyclic) bond motifs is 2. The summed E-state index contributed by atoms with van der Waals surface area (Å²) in [6, 6.07) is 6.59. The number of sulfonamides is 1. The summed E-state index contributed by atoms with van der Waals surface area (Å²) >= 11 is 0. The zero-order valence-electron chi connectivity index (χ0n) is 9.46. The molecule has 5 nitrogen and oxygen atoms in total. The van der Waals surface area contributed by atoms with Crippen LogP contribution in [0.2, 0.25) is 0 Å². The number of para-hydroxylation sites is 1. The highest BCUT2D eigenvalue weighted by atomic mass is 32.2. The van der Waals surface area contributed by atoms with Gasteiger partial charge in [-0.25, -0.2) is 13.1 Å². The van der Waals surface area contributed by atoms with Gasteiger partial charge < -0.3 is 9.64 Å². The summed E-state index contributed by atoms with van der Waals surface area (Å²) in [5.41, 5.74) is 0.